The molecular formula is C22H35N5O. The number of aryl methyl sites for hydroxylation is 1. The van der Waals surface area contributed by atoms with Crippen molar-refractivity contribution in [2.24, 2.45) is 4.99 Å². The molecule has 2 saturated heterocycles. The number of nitrogens with zero attached hydrogens (tertiary/aromatic N) is 4. The van der Waals surface area contributed by atoms with Crippen LogP contribution in [-0.4, -0.2) is 78.9 Å². The second kappa shape index (κ2) is 10.5. The van der Waals surface area contributed by atoms with Crippen molar-refractivity contribution in [2.45, 2.75) is 39.7 Å². The first-order valence-electron chi connectivity index (χ1n) is 10.8. The van der Waals surface area contributed by atoms with E-state index in [9.17, 15) is 4.79 Å². The van der Waals surface area contributed by atoms with Crippen LogP contribution < -0.4 is 5.32 Å². The highest BCUT2D eigenvalue weighted by Crippen LogP contribution is 2.12. The second-order valence-electron chi connectivity index (χ2n) is 7.64. The van der Waals surface area contributed by atoms with Crippen LogP contribution in [-0.2, 0) is 17.8 Å². The number of hydrogen-bond acceptors (Lipinski definition) is 3. The molecule has 2 heterocycles. The quantitative estimate of drug-likeness (QED) is 0.601. The van der Waals surface area contributed by atoms with Gasteiger partial charge in [-0.2, -0.15) is 0 Å². The van der Waals surface area contributed by atoms with Gasteiger partial charge in [0.05, 0.1) is 13.1 Å². The maximum atomic E-state index is 12.4. The third-order valence-corrected chi connectivity index (χ3v) is 5.72. The van der Waals surface area contributed by atoms with Crippen molar-refractivity contribution in [3.8, 4) is 0 Å². The van der Waals surface area contributed by atoms with Crippen LogP contribution in [0.4, 0.5) is 0 Å². The van der Waals surface area contributed by atoms with Crippen molar-refractivity contribution in [1.82, 2.24) is 20.0 Å². The molecule has 2 aliphatic heterocycles. The van der Waals surface area contributed by atoms with Gasteiger partial charge in [0.1, 0.15) is 0 Å². The smallest absolute Gasteiger partial charge is 0.236 e. The molecule has 0 unspecified atom stereocenters. The monoisotopic (exact) mass is 385 g/mol. The lowest BCUT2D eigenvalue weighted by molar-refractivity contribution is -0.131. The fraction of sp³-hybridized carbons (Fsp3) is 0.636. The lowest BCUT2D eigenvalue weighted by atomic mass is 10.1. The molecule has 28 heavy (non-hydrogen) atoms. The molecule has 1 amide bonds. The maximum absolute atomic E-state index is 12.4. The van der Waals surface area contributed by atoms with Gasteiger partial charge in [-0.05, 0) is 37.3 Å². The van der Waals surface area contributed by atoms with Gasteiger partial charge < -0.3 is 15.1 Å². The number of piperazine rings is 1. The van der Waals surface area contributed by atoms with Crippen LogP contribution in [0.1, 0.15) is 37.8 Å². The molecule has 6 nitrogen and oxygen atoms in total. The van der Waals surface area contributed by atoms with Gasteiger partial charge in [0.15, 0.2) is 5.96 Å². The van der Waals surface area contributed by atoms with Gasteiger partial charge in [-0.15, -0.1) is 0 Å². The van der Waals surface area contributed by atoms with Crippen LogP contribution in [0.2, 0.25) is 0 Å². The zero-order valence-corrected chi connectivity index (χ0v) is 17.5. The van der Waals surface area contributed by atoms with Gasteiger partial charge in [0.25, 0.3) is 0 Å². The Bertz CT molecular complexity index is 661. The Labute approximate surface area is 169 Å². The van der Waals surface area contributed by atoms with E-state index in [1.165, 1.54) is 11.1 Å². The highest BCUT2D eigenvalue weighted by atomic mass is 16.2. The number of nitrogens with one attached hydrogen (secondary N) is 1. The van der Waals surface area contributed by atoms with Gasteiger partial charge in [-0.25, -0.2) is 4.99 Å². The highest BCUT2D eigenvalue weighted by Gasteiger charge is 2.24. The number of guanidine groups is 1. The first kappa shape index (κ1) is 20.6. The fourth-order valence-corrected chi connectivity index (χ4v) is 4.02. The Hall–Kier alpha value is -2.08. The summed E-state index contributed by atoms with van der Waals surface area (Å²) >= 11 is 0. The summed E-state index contributed by atoms with van der Waals surface area (Å²) in [5.74, 6) is 1.28. The molecule has 1 aromatic rings. The summed E-state index contributed by atoms with van der Waals surface area (Å²) in [5.41, 5.74) is 2.67. The molecule has 1 aromatic carbocycles. The van der Waals surface area contributed by atoms with Crippen LogP contribution >= 0.6 is 0 Å². The average Bonchev–Trinajstić information content (AvgIpc) is 3.27. The number of benzene rings is 1. The van der Waals surface area contributed by atoms with Crippen LogP contribution in [0, 0.1) is 0 Å². The van der Waals surface area contributed by atoms with Crippen LogP contribution in [0.5, 0.6) is 0 Å². The lowest BCUT2D eigenvalue weighted by Gasteiger charge is -2.36. The van der Waals surface area contributed by atoms with Crippen LogP contribution in [0.25, 0.3) is 0 Å². The predicted octanol–water partition coefficient (Wildman–Crippen LogP) is 1.95. The second-order valence-corrected chi connectivity index (χ2v) is 7.64. The van der Waals surface area contributed by atoms with Crippen molar-refractivity contribution >= 4 is 11.9 Å². The Morgan fingerprint density at radius 2 is 1.64 bits per heavy atom. The number of hydrogen-bond donors (Lipinski definition) is 1. The molecule has 1 N–H and O–H groups in total. The molecule has 0 aromatic heterocycles. The number of amides is 1. The van der Waals surface area contributed by atoms with Crippen LogP contribution in [0.15, 0.2) is 29.3 Å². The standard InChI is InChI=1S/C22H35N5O/c1-3-19-9-5-6-10-20(19)17-24-22(23-4-2)27-15-13-25(14-16-27)18-21(28)26-11-7-8-12-26/h5-6,9-10H,3-4,7-8,11-18H2,1-2H3,(H,23,24). The molecule has 0 aliphatic carbocycles. The van der Waals surface area contributed by atoms with E-state index in [0.29, 0.717) is 19.0 Å². The molecule has 3 rings (SSSR count). The topological polar surface area (TPSA) is 51.2 Å². The van der Waals surface area contributed by atoms with E-state index < -0.39 is 0 Å². The van der Waals surface area contributed by atoms with Gasteiger partial charge in [-0.3, -0.25) is 9.69 Å². The summed E-state index contributed by atoms with van der Waals surface area (Å²) in [6.07, 6.45) is 3.35. The normalized spacial score (nSPS) is 18.6. The molecule has 0 spiro atoms. The summed E-state index contributed by atoms with van der Waals surface area (Å²) in [6.45, 7) is 12.0. The SMILES string of the molecule is CCNC(=NCc1ccccc1CC)N1CCN(CC(=O)N2CCCC2)CC1. The maximum Gasteiger partial charge on any atom is 0.236 e. The molecule has 0 radical (unpaired) electrons. The molecule has 0 atom stereocenters. The first-order valence-corrected chi connectivity index (χ1v) is 10.8. The van der Waals surface area contributed by atoms with Crippen molar-refractivity contribution in [3.63, 3.8) is 0 Å². The molecule has 2 aliphatic rings. The number of aliphatic imine (C=N–C) groups is 1. The Kier molecular flexibility index (Phi) is 7.71. The average molecular weight is 386 g/mol. The van der Waals surface area contributed by atoms with E-state index in [-0.39, 0.29) is 0 Å². The third-order valence-electron chi connectivity index (χ3n) is 5.72. The summed E-state index contributed by atoms with van der Waals surface area (Å²) in [5, 5.41) is 3.44. The summed E-state index contributed by atoms with van der Waals surface area (Å²) in [7, 11) is 0. The zero-order valence-electron chi connectivity index (χ0n) is 17.5. The summed E-state index contributed by atoms with van der Waals surface area (Å²) in [6, 6.07) is 8.55. The van der Waals surface area contributed by atoms with Crippen molar-refractivity contribution in [3.05, 3.63) is 35.4 Å². The molecule has 2 fully saturated rings. The Morgan fingerprint density at radius 3 is 2.29 bits per heavy atom. The van der Waals surface area contributed by atoms with Crippen molar-refractivity contribution in [1.29, 1.82) is 0 Å². The molecular weight excluding hydrogens is 350 g/mol. The van der Waals surface area contributed by atoms with E-state index in [0.717, 1.165) is 71.0 Å². The van der Waals surface area contributed by atoms with Crippen molar-refractivity contribution < 1.29 is 4.79 Å². The molecule has 6 heteroatoms. The van der Waals surface area contributed by atoms with E-state index >= 15 is 0 Å². The van der Waals surface area contributed by atoms with Gasteiger partial charge >= 0.3 is 0 Å². The summed E-state index contributed by atoms with van der Waals surface area (Å²) < 4.78 is 0. The van der Waals surface area contributed by atoms with Crippen LogP contribution in [0.3, 0.4) is 0 Å². The minimum atomic E-state index is 0.294. The van der Waals surface area contributed by atoms with Gasteiger partial charge in [0.2, 0.25) is 5.91 Å². The largest absolute Gasteiger partial charge is 0.357 e. The predicted molar refractivity (Wildman–Crippen MR) is 114 cm³/mol. The Balaban J connectivity index is 1.54. The number of carbonyl (C=O) groups is 1. The lowest BCUT2D eigenvalue weighted by Crippen LogP contribution is -2.54. The van der Waals surface area contributed by atoms with E-state index in [4.69, 9.17) is 4.99 Å². The zero-order chi connectivity index (χ0) is 19.8. The minimum absolute atomic E-state index is 0.294. The number of likely N-dealkylation sites (tertiary alicyclic amines) is 1. The van der Waals surface area contributed by atoms with E-state index in [1.807, 2.05) is 4.90 Å². The minimum Gasteiger partial charge on any atom is -0.357 e. The molecule has 0 bridgehead atoms. The number of carbonyl (C=O) groups excluding carboxylic acids is 1. The molecule has 154 valence electrons. The van der Waals surface area contributed by atoms with Gasteiger partial charge in [0, 0.05) is 45.8 Å². The summed E-state index contributed by atoms with van der Waals surface area (Å²) in [4.78, 5) is 23.9. The first-order chi connectivity index (χ1) is 13.7. The fourth-order valence-electron chi connectivity index (χ4n) is 4.02. The van der Waals surface area contributed by atoms with E-state index in [2.05, 4.69) is 53.2 Å². The number of rotatable bonds is 6. The third kappa shape index (κ3) is 5.47. The highest BCUT2D eigenvalue weighted by molar-refractivity contribution is 5.80. The van der Waals surface area contributed by atoms with Gasteiger partial charge in [-0.1, -0.05) is 31.2 Å². The Morgan fingerprint density at radius 1 is 0.964 bits per heavy atom. The molecule has 0 saturated carbocycles. The van der Waals surface area contributed by atoms with E-state index in [1.54, 1.807) is 0 Å². The van der Waals surface area contributed by atoms with Crippen molar-refractivity contribution in [2.75, 3.05) is 52.4 Å².